The molecule has 13 heavy (non-hydrogen) atoms. The van der Waals surface area contributed by atoms with Crippen molar-refractivity contribution in [1.29, 1.82) is 0 Å². The van der Waals surface area contributed by atoms with Gasteiger partial charge in [0.15, 0.2) is 0 Å². The van der Waals surface area contributed by atoms with E-state index in [9.17, 15) is 4.39 Å². The van der Waals surface area contributed by atoms with Crippen LogP contribution >= 0.6 is 0 Å². The van der Waals surface area contributed by atoms with Crippen LogP contribution in [0, 0.1) is 5.82 Å². The summed E-state index contributed by atoms with van der Waals surface area (Å²) < 4.78 is 17.7. The maximum absolute atomic E-state index is 12.7. The van der Waals surface area contributed by atoms with E-state index in [0.29, 0.717) is 12.3 Å². The van der Waals surface area contributed by atoms with Crippen LogP contribution in [0.25, 0.3) is 0 Å². The number of methoxy groups -OCH3 is 1. The zero-order chi connectivity index (χ0) is 9.68. The predicted molar refractivity (Wildman–Crippen MR) is 51.6 cm³/mol. The minimum Gasteiger partial charge on any atom is -0.494 e. The second kappa shape index (κ2) is 4.50. The lowest BCUT2D eigenvalue weighted by molar-refractivity contribution is 0.413. The van der Waals surface area contributed by atoms with Crippen LogP contribution in [0.2, 0.25) is 0 Å². The molecule has 3 heteroatoms. The number of benzene rings is 1. The summed E-state index contributed by atoms with van der Waals surface area (Å²) in [4.78, 5) is 0. The van der Waals surface area contributed by atoms with Crippen molar-refractivity contribution in [2.75, 3.05) is 19.0 Å². The van der Waals surface area contributed by atoms with E-state index in [2.05, 4.69) is 11.9 Å². The predicted octanol–water partition coefficient (Wildman–Crippen LogP) is 2.43. The lowest BCUT2D eigenvalue weighted by atomic mass is 10.3. The van der Waals surface area contributed by atoms with Crippen LogP contribution in [-0.4, -0.2) is 13.7 Å². The number of halogens is 1. The van der Waals surface area contributed by atoms with Crippen LogP contribution in [0.1, 0.15) is 0 Å². The van der Waals surface area contributed by atoms with Crippen LogP contribution in [0.15, 0.2) is 30.9 Å². The summed E-state index contributed by atoms with van der Waals surface area (Å²) in [6.07, 6.45) is 1.72. The molecule has 1 aromatic rings. The maximum atomic E-state index is 12.7. The molecule has 0 saturated heterocycles. The van der Waals surface area contributed by atoms with Gasteiger partial charge in [-0.1, -0.05) is 6.08 Å². The Kier molecular flexibility index (Phi) is 3.31. The molecule has 0 aliphatic heterocycles. The Bertz CT molecular complexity index is 299. The van der Waals surface area contributed by atoms with Gasteiger partial charge in [-0.05, 0) is 12.1 Å². The number of nitrogens with one attached hydrogen (secondary N) is 1. The molecule has 0 fully saturated rings. The summed E-state index contributed by atoms with van der Waals surface area (Å²) in [6, 6.07) is 4.36. The highest BCUT2D eigenvalue weighted by Crippen LogP contribution is 2.24. The van der Waals surface area contributed by atoms with E-state index in [0.717, 1.165) is 5.69 Å². The van der Waals surface area contributed by atoms with Crippen LogP contribution in [0.4, 0.5) is 10.1 Å². The first-order valence-corrected chi connectivity index (χ1v) is 3.96. The lowest BCUT2D eigenvalue weighted by Gasteiger charge is -2.08. The average molecular weight is 181 g/mol. The lowest BCUT2D eigenvalue weighted by Crippen LogP contribution is -2.00. The Labute approximate surface area is 77.0 Å². The highest BCUT2D eigenvalue weighted by molar-refractivity contribution is 5.56. The van der Waals surface area contributed by atoms with Crippen molar-refractivity contribution < 1.29 is 9.13 Å². The quantitative estimate of drug-likeness (QED) is 0.720. The van der Waals surface area contributed by atoms with Gasteiger partial charge in [-0.2, -0.15) is 0 Å². The fourth-order valence-electron chi connectivity index (χ4n) is 0.993. The van der Waals surface area contributed by atoms with Gasteiger partial charge in [0.25, 0.3) is 0 Å². The molecule has 0 aromatic heterocycles. The van der Waals surface area contributed by atoms with E-state index in [1.54, 1.807) is 12.1 Å². The van der Waals surface area contributed by atoms with Crippen LogP contribution < -0.4 is 10.1 Å². The van der Waals surface area contributed by atoms with Gasteiger partial charge in [-0.15, -0.1) is 6.58 Å². The van der Waals surface area contributed by atoms with Gasteiger partial charge in [0.1, 0.15) is 11.6 Å². The van der Waals surface area contributed by atoms with Crippen LogP contribution in [0.5, 0.6) is 5.75 Å². The summed E-state index contributed by atoms with van der Waals surface area (Å²) >= 11 is 0. The largest absolute Gasteiger partial charge is 0.494 e. The van der Waals surface area contributed by atoms with Gasteiger partial charge in [0.2, 0.25) is 0 Å². The Morgan fingerprint density at radius 3 is 3.00 bits per heavy atom. The topological polar surface area (TPSA) is 21.3 Å². The fraction of sp³-hybridized carbons (Fsp3) is 0.200. The van der Waals surface area contributed by atoms with Crippen molar-refractivity contribution in [3.05, 3.63) is 36.7 Å². The molecule has 1 rings (SSSR count). The zero-order valence-corrected chi connectivity index (χ0v) is 7.51. The molecule has 1 N–H and O–H groups in total. The molecule has 1 aromatic carbocycles. The van der Waals surface area contributed by atoms with E-state index in [1.807, 2.05) is 0 Å². The monoisotopic (exact) mass is 181 g/mol. The third-order valence-corrected chi connectivity index (χ3v) is 1.60. The first kappa shape index (κ1) is 9.58. The van der Waals surface area contributed by atoms with E-state index in [1.165, 1.54) is 19.2 Å². The minimum absolute atomic E-state index is 0.305. The van der Waals surface area contributed by atoms with Crippen molar-refractivity contribution in [1.82, 2.24) is 0 Å². The number of anilines is 1. The van der Waals surface area contributed by atoms with E-state index >= 15 is 0 Å². The molecule has 70 valence electrons. The molecular formula is C10H12FNO. The Morgan fingerprint density at radius 2 is 2.38 bits per heavy atom. The van der Waals surface area contributed by atoms with Crippen LogP contribution in [0.3, 0.4) is 0 Å². The Morgan fingerprint density at radius 1 is 1.62 bits per heavy atom. The molecule has 0 bridgehead atoms. The molecule has 0 atom stereocenters. The van der Waals surface area contributed by atoms with Gasteiger partial charge in [0.05, 0.1) is 12.8 Å². The smallest absolute Gasteiger partial charge is 0.144 e. The number of rotatable bonds is 4. The highest BCUT2D eigenvalue weighted by atomic mass is 19.1. The molecular weight excluding hydrogens is 169 g/mol. The summed E-state index contributed by atoms with van der Waals surface area (Å²) in [6.45, 7) is 4.20. The van der Waals surface area contributed by atoms with Crippen molar-refractivity contribution in [2.45, 2.75) is 0 Å². The molecule has 2 nitrogen and oxygen atoms in total. The SMILES string of the molecule is C=CCNc1ccc(F)cc1OC. The van der Waals surface area contributed by atoms with Crippen molar-refractivity contribution in [3.8, 4) is 5.75 Å². The van der Waals surface area contributed by atoms with Gasteiger partial charge in [-0.25, -0.2) is 4.39 Å². The average Bonchev–Trinajstić information content (AvgIpc) is 2.16. The molecule has 0 amide bonds. The summed E-state index contributed by atoms with van der Waals surface area (Å²) in [7, 11) is 1.51. The summed E-state index contributed by atoms with van der Waals surface area (Å²) in [5, 5.41) is 3.03. The minimum atomic E-state index is -0.305. The molecule has 0 aliphatic carbocycles. The van der Waals surface area contributed by atoms with Gasteiger partial charge >= 0.3 is 0 Å². The Balaban J connectivity index is 2.85. The number of hydrogen-bond acceptors (Lipinski definition) is 2. The third-order valence-electron chi connectivity index (χ3n) is 1.60. The molecule has 0 spiro atoms. The molecule has 0 aliphatic rings. The number of ether oxygens (including phenoxy) is 1. The second-order valence-corrected chi connectivity index (χ2v) is 2.51. The standard InChI is InChI=1S/C10H12FNO/c1-3-6-12-9-5-4-8(11)7-10(9)13-2/h3-5,7,12H,1,6H2,2H3. The van der Waals surface area contributed by atoms with Crippen LogP contribution in [-0.2, 0) is 0 Å². The normalized spacial score (nSPS) is 9.38. The maximum Gasteiger partial charge on any atom is 0.144 e. The highest BCUT2D eigenvalue weighted by Gasteiger charge is 2.02. The van der Waals surface area contributed by atoms with Crippen molar-refractivity contribution >= 4 is 5.69 Å². The van der Waals surface area contributed by atoms with E-state index in [4.69, 9.17) is 4.74 Å². The summed E-state index contributed by atoms with van der Waals surface area (Å²) in [5.74, 6) is 0.197. The first-order valence-electron chi connectivity index (χ1n) is 3.96. The van der Waals surface area contributed by atoms with Crippen molar-refractivity contribution in [2.24, 2.45) is 0 Å². The van der Waals surface area contributed by atoms with Gasteiger partial charge in [-0.3, -0.25) is 0 Å². The van der Waals surface area contributed by atoms with Gasteiger partial charge in [0, 0.05) is 12.6 Å². The van der Waals surface area contributed by atoms with E-state index in [-0.39, 0.29) is 5.82 Å². The zero-order valence-electron chi connectivity index (χ0n) is 7.51. The second-order valence-electron chi connectivity index (χ2n) is 2.51. The fourth-order valence-corrected chi connectivity index (χ4v) is 0.993. The molecule has 0 saturated carbocycles. The number of hydrogen-bond donors (Lipinski definition) is 1. The first-order chi connectivity index (χ1) is 6.27. The van der Waals surface area contributed by atoms with Crippen molar-refractivity contribution in [3.63, 3.8) is 0 Å². The third kappa shape index (κ3) is 2.47. The van der Waals surface area contributed by atoms with E-state index < -0.39 is 0 Å². The Hall–Kier alpha value is -1.51. The van der Waals surface area contributed by atoms with Gasteiger partial charge < -0.3 is 10.1 Å². The molecule has 0 heterocycles. The molecule has 0 unspecified atom stereocenters. The molecule has 0 radical (unpaired) electrons. The summed E-state index contributed by atoms with van der Waals surface area (Å²) in [5.41, 5.74) is 0.767.